The molecule has 3 saturated heterocycles. The quantitative estimate of drug-likeness (QED) is 0.797. The predicted molar refractivity (Wildman–Crippen MR) is 120 cm³/mol. The molecule has 1 saturated carbocycles. The lowest BCUT2D eigenvalue weighted by atomic mass is 9.83. The van der Waals surface area contributed by atoms with Crippen LogP contribution in [0.1, 0.15) is 50.1 Å². The second kappa shape index (κ2) is 8.85. The molecule has 1 aliphatic carbocycles. The van der Waals surface area contributed by atoms with Crippen LogP contribution in [0.2, 0.25) is 0 Å². The van der Waals surface area contributed by atoms with E-state index in [1.54, 1.807) is 0 Å². The molecule has 1 amide bonds. The average Bonchev–Trinajstić information content (AvgIpc) is 3.18. The Kier molecular flexibility index (Phi) is 5.98. The van der Waals surface area contributed by atoms with Gasteiger partial charge in [0.25, 0.3) is 0 Å². The molecule has 4 aliphatic rings. The van der Waals surface area contributed by atoms with Crippen LogP contribution >= 0.6 is 0 Å². The average molecular weight is 412 g/mol. The number of hydrazine groups is 1. The van der Waals surface area contributed by atoms with Gasteiger partial charge in [0.1, 0.15) is 0 Å². The van der Waals surface area contributed by atoms with Crippen molar-refractivity contribution in [3.05, 3.63) is 29.8 Å². The van der Waals surface area contributed by atoms with Gasteiger partial charge in [-0.15, -0.1) is 0 Å². The first kappa shape index (κ1) is 20.3. The summed E-state index contributed by atoms with van der Waals surface area (Å²) in [5, 5.41) is 0. The normalized spacial score (nSPS) is 31.2. The van der Waals surface area contributed by atoms with E-state index < -0.39 is 0 Å². The third-order valence-corrected chi connectivity index (χ3v) is 7.87. The molecule has 4 fully saturated rings. The Hall–Kier alpha value is -1.63. The molecule has 164 valence electrons. The van der Waals surface area contributed by atoms with Gasteiger partial charge in [-0.25, -0.2) is 5.43 Å². The van der Waals surface area contributed by atoms with Crippen LogP contribution in [0.15, 0.2) is 24.3 Å². The molecule has 1 aromatic rings. The van der Waals surface area contributed by atoms with Gasteiger partial charge in [0, 0.05) is 63.3 Å². The molecule has 5 rings (SSSR count). The minimum Gasteiger partial charge on any atom is -0.369 e. The molecule has 3 atom stereocenters. The van der Waals surface area contributed by atoms with Crippen LogP contribution in [0.5, 0.6) is 0 Å². The first-order valence-electron chi connectivity index (χ1n) is 12.0. The van der Waals surface area contributed by atoms with Gasteiger partial charge in [-0.2, -0.15) is 0 Å². The third-order valence-electron chi connectivity index (χ3n) is 7.87. The summed E-state index contributed by atoms with van der Waals surface area (Å²) < 4.78 is 0. The molecule has 0 bridgehead atoms. The SMILES string of the molecule is CN1CCN(c2ccc(C3NNC4CC(=O)N(CC5CCCCC5)CC43)cc2)CC1. The molecule has 30 heavy (non-hydrogen) atoms. The molecule has 3 unspecified atom stereocenters. The zero-order valence-corrected chi connectivity index (χ0v) is 18.4. The van der Waals surface area contributed by atoms with E-state index in [9.17, 15) is 4.79 Å². The first-order valence-corrected chi connectivity index (χ1v) is 12.0. The minimum atomic E-state index is 0.252. The number of benzene rings is 1. The molecular weight excluding hydrogens is 374 g/mol. The summed E-state index contributed by atoms with van der Waals surface area (Å²) in [6.07, 6.45) is 7.26. The van der Waals surface area contributed by atoms with Crippen LogP contribution in [-0.2, 0) is 4.79 Å². The first-order chi connectivity index (χ1) is 14.7. The number of likely N-dealkylation sites (N-methyl/N-ethyl adjacent to an activating group) is 1. The van der Waals surface area contributed by atoms with E-state index in [0.29, 0.717) is 24.2 Å². The van der Waals surface area contributed by atoms with Gasteiger partial charge in [0.05, 0.1) is 6.04 Å². The number of amides is 1. The highest BCUT2D eigenvalue weighted by Gasteiger charge is 2.43. The van der Waals surface area contributed by atoms with Crippen molar-refractivity contribution in [1.82, 2.24) is 20.7 Å². The lowest BCUT2D eigenvalue weighted by molar-refractivity contribution is -0.136. The summed E-state index contributed by atoms with van der Waals surface area (Å²) >= 11 is 0. The number of piperazine rings is 1. The number of nitrogens with zero attached hydrogens (tertiary/aromatic N) is 3. The smallest absolute Gasteiger partial charge is 0.224 e. The summed E-state index contributed by atoms with van der Waals surface area (Å²) in [5.74, 6) is 1.49. The standard InChI is InChI=1S/C24H37N5O/c1-27-11-13-28(14-12-27)20-9-7-19(8-10-20)24-21-17-29(16-18-5-3-2-4-6-18)23(30)15-22(21)25-26-24/h7-10,18,21-22,24-26H,2-6,11-17H2,1H3. The summed E-state index contributed by atoms with van der Waals surface area (Å²) in [7, 11) is 2.20. The maximum absolute atomic E-state index is 12.7. The summed E-state index contributed by atoms with van der Waals surface area (Å²) in [6.45, 7) is 6.31. The maximum atomic E-state index is 12.7. The Balaban J connectivity index is 1.24. The summed E-state index contributed by atoms with van der Waals surface area (Å²) in [6, 6.07) is 9.67. The zero-order valence-electron chi connectivity index (χ0n) is 18.4. The molecule has 0 aromatic heterocycles. The van der Waals surface area contributed by atoms with Gasteiger partial charge in [-0.05, 0) is 43.5 Å². The Morgan fingerprint density at radius 3 is 2.43 bits per heavy atom. The Bertz CT molecular complexity index is 724. The third kappa shape index (κ3) is 4.23. The van der Waals surface area contributed by atoms with Crippen LogP contribution in [0.4, 0.5) is 5.69 Å². The van der Waals surface area contributed by atoms with Crippen molar-refractivity contribution in [2.45, 2.75) is 50.6 Å². The number of hydrogen-bond acceptors (Lipinski definition) is 5. The molecule has 3 heterocycles. The lowest BCUT2D eigenvalue weighted by Gasteiger charge is -2.38. The van der Waals surface area contributed by atoms with Crippen LogP contribution in [-0.4, -0.2) is 68.1 Å². The monoisotopic (exact) mass is 411 g/mol. The van der Waals surface area contributed by atoms with Crippen LogP contribution in [0.25, 0.3) is 0 Å². The molecule has 0 spiro atoms. The Morgan fingerprint density at radius 1 is 0.967 bits per heavy atom. The second-order valence-electron chi connectivity index (χ2n) is 9.93. The van der Waals surface area contributed by atoms with E-state index in [1.165, 1.54) is 43.4 Å². The van der Waals surface area contributed by atoms with E-state index in [4.69, 9.17) is 0 Å². The van der Waals surface area contributed by atoms with Gasteiger partial charge < -0.3 is 14.7 Å². The van der Waals surface area contributed by atoms with E-state index in [0.717, 1.165) is 39.3 Å². The molecule has 6 nitrogen and oxygen atoms in total. The molecule has 0 radical (unpaired) electrons. The highest BCUT2D eigenvalue weighted by molar-refractivity contribution is 5.78. The lowest BCUT2D eigenvalue weighted by Crippen LogP contribution is -2.50. The predicted octanol–water partition coefficient (Wildman–Crippen LogP) is 2.38. The number of likely N-dealkylation sites (tertiary alicyclic amines) is 1. The Labute approximate surface area is 180 Å². The van der Waals surface area contributed by atoms with Crippen molar-refractivity contribution in [1.29, 1.82) is 0 Å². The van der Waals surface area contributed by atoms with Gasteiger partial charge in [-0.3, -0.25) is 10.2 Å². The topological polar surface area (TPSA) is 50.9 Å². The highest BCUT2D eigenvalue weighted by Crippen LogP contribution is 2.36. The number of hydrogen-bond donors (Lipinski definition) is 2. The van der Waals surface area contributed by atoms with Crippen molar-refractivity contribution in [3.8, 4) is 0 Å². The Morgan fingerprint density at radius 2 is 1.70 bits per heavy atom. The van der Waals surface area contributed by atoms with Crippen molar-refractivity contribution in [3.63, 3.8) is 0 Å². The fourth-order valence-corrected chi connectivity index (χ4v) is 5.90. The number of anilines is 1. The zero-order chi connectivity index (χ0) is 20.5. The van der Waals surface area contributed by atoms with E-state index >= 15 is 0 Å². The largest absolute Gasteiger partial charge is 0.369 e. The van der Waals surface area contributed by atoms with Crippen molar-refractivity contribution < 1.29 is 4.79 Å². The van der Waals surface area contributed by atoms with E-state index in [2.05, 4.69) is 56.9 Å². The van der Waals surface area contributed by atoms with Crippen molar-refractivity contribution >= 4 is 11.6 Å². The molecule has 6 heteroatoms. The maximum Gasteiger partial charge on any atom is 0.224 e. The fourth-order valence-electron chi connectivity index (χ4n) is 5.90. The summed E-state index contributed by atoms with van der Waals surface area (Å²) in [4.78, 5) is 19.8. The van der Waals surface area contributed by atoms with Gasteiger partial charge in [0.15, 0.2) is 0 Å². The number of rotatable bonds is 4. The van der Waals surface area contributed by atoms with E-state index in [-0.39, 0.29) is 12.1 Å². The fraction of sp³-hybridized carbons (Fsp3) is 0.708. The van der Waals surface area contributed by atoms with Gasteiger partial charge >= 0.3 is 0 Å². The van der Waals surface area contributed by atoms with E-state index in [1.807, 2.05) is 0 Å². The molecular formula is C24H37N5O. The van der Waals surface area contributed by atoms with Gasteiger partial charge in [-0.1, -0.05) is 31.4 Å². The number of piperidine rings is 1. The number of fused-ring (bicyclic) bond motifs is 1. The second-order valence-corrected chi connectivity index (χ2v) is 9.93. The number of nitrogens with one attached hydrogen (secondary N) is 2. The summed E-state index contributed by atoms with van der Waals surface area (Å²) in [5.41, 5.74) is 9.61. The van der Waals surface area contributed by atoms with Crippen LogP contribution < -0.4 is 15.8 Å². The molecule has 2 N–H and O–H groups in total. The number of carbonyl (C=O) groups excluding carboxylic acids is 1. The van der Waals surface area contributed by atoms with Crippen LogP contribution in [0.3, 0.4) is 0 Å². The van der Waals surface area contributed by atoms with Crippen molar-refractivity contribution in [2.75, 3.05) is 51.2 Å². The van der Waals surface area contributed by atoms with Crippen LogP contribution in [0, 0.1) is 11.8 Å². The van der Waals surface area contributed by atoms with Crippen molar-refractivity contribution in [2.24, 2.45) is 11.8 Å². The molecule has 1 aromatic carbocycles. The number of carbonyl (C=O) groups is 1. The highest BCUT2D eigenvalue weighted by atomic mass is 16.2. The minimum absolute atomic E-state index is 0.252. The molecule has 3 aliphatic heterocycles. The van der Waals surface area contributed by atoms with Gasteiger partial charge in [0.2, 0.25) is 5.91 Å².